The van der Waals surface area contributed by atoms with E-state index in [9.17, 15) is 4.39 Å². The molecule has 11 heavy (non-hydrogen) atoms. The Labute approximate surface area is 65.8 Å². The molecule has 0 aromatic heterocycles. The number of methoxy groups -OCH3 is 1. The molecule has 0 heterocycles. The van der Waals surface area contributed by atoms with Gasteiger partial charge in [-0.15, -0.1) is 0 Å². The highest BCUT2D eigenvalue weighted by Gasteiger charge is 2.05. The first-order chi connectivity index (χ1) is 5.29. The van der Waals surface area contributed by atoms with Crippen molar-refractivity contribution in [3.05, 3.63) is 29.6 Å². The Bertz CT molecular complexity index is 245. The fraction of sp³-hybridized carbons (Fsp3) is 0.333. The van der Waals surface area contributed by atoms with E-state index < -0.39 is 0 Å². The number of benzene rings is 1. The van der Waals surface area contributed by atoms with Crippen molar-refractivity contribution in [3.63, 3.8) is 0 Å². The van der Waals surface area contributed by atoms with E-state index in [1.807, 2.05) is 6.92 Å². The van der Waals surface area contributed by atoms with Crippen LogP contribution in [0.5, 0.6) is 5.75 Å². The largest absolute Gasteiger partial charge is 0.496 e. The lowest BCUT2D eigenvalue weighted by atomic mass is 10.1. The van der Waals surface area contributed by atoms with Crippen LogP contribution in [0.25, 0.3) is 0 Å². The smallest absolute Gasteiger partial charge is 0.130 e. The van der Waals surface area contributed by atoms with Gasteiger partial charge in [-0.1, -0.05) is 6.92 Å². The second-order valence-electron chi connectivity index (χ2n) is 2.20. The molecule has 0 aliphatic rings. The van der Waals surface area contributed by atoms with Crippen molar-refractivity contribution in [1.82, 2.24) is 0 Å². The standard InChI is InChI=1S/C9H10FO/c1-3-7-8(10)5-4-6-9(7)11-2/h5-6H,3H2,1-2H3. The van der Waals surface area contributed by atoms with E-state index in [1.54, 1.807) is 6.07 Å². The summed E-state index contributed by atoms with van der Waals surface area (Å²) in [6.45, 7) is 1.89. The molecule has 2 heteroatoms. The van der Waals surface area contributed by atoms with Crippen LogP contribution in [0.15, 0.2) is 12.1 Å². The van der Waals surface area contributed by atoms with Gasteiger partial charge in [0.05, 0.1) is 7.11 Å². The summed E-state index contributed by atoms with van der Waals surface area (Å²) in [5.74, 6) is 0.333. The third kappa shape index (κ3) is 1.50. The third-order valence-electron chi connectivity index (χ3n) is 1.58. The van der Waals surface area contributed by atoms with Crippen molar-refractivity contribution >= 4 is 0 Å². The zero-order chi connectivity index (χ0) is 8.27. The van der Waals surface area contributed by atoms with Crippen LogP contribution in [0.4, 0.5) is 4.39 Å². The van der Waals surface area contributed by atoms with Gasteiger partial charge in [0.2, 0.25) is 0 Å². The minimum absolute atomic E-state index is 0.244. The van der Waals surface area contributed by atoms with E-state index in [0.29, 0.717) is 17.7 Å². The van der Waals surface area contributed by atoms with Crippen LogP contribution in [0.2, 0.25) is 0 Å². The number of hydrogen-bond acceptors (Lipinski definition) is 1. The Kier molecular flexibility index (Phi) is 2.47. The maximum absolute atomic E-state index is 12.9. The zero-order valence-corrected chi connectivity index (χ0v) is 6.65. The van der Waals surface area contributed by atoms with Gasteiger partial charge < -0.3 is 4.74 Å². The minimum Gasteiger partial charge on any atom is -0.496 e. The monoisotopic (exact) mass is 153 g/mol. The van der Waals surface area contributed by atoms with E-state index >= 15 is 0 Å². The molecular weight excluding hydrogens is 143 g/mol. The fourth-order valence-corrected chi connectivity index (χ4v) is 1.01. The molecule has 0 amide bonds. The molecule has 1 radical (unpaired) electrons. The quantitative estimate of drug-likeness (QED) is 0.632. The summed E-state index contributed by atoms with van der Waals surface area (Å²) in [6.07, 6.45) is 0.643. The first-order valence-electron chi connectivity index (χ1n) is 3.52. The molecule has 0 aliphatic carbocycles. The Morgan fingerprint density at radius 1 is 1.55 bits per heavy atom. The normalized spacial score (nSPS) is 9.73. The molecule has 0 N–H and O–H groups in total. The van der Waals surface area contributed by atoms with E-state index in [0.717, 1.165) is 0 Å². The van der Waals surface area contributed by atoms with Crippen molar-refractivity contribution in [2.24, 2.45) is 0 Å². The Hall–Kier alpha value is -1.05. The molecule has 59 valence electrons. The predicted octanol–water partition coefficient (Wildman–Crippen LogP) is 2.20. The summed E-state index contributed by atoms with van der Waals surface area (Å²) < 4.78 is 17.9. The topological polar surface area (TPSA) is 9.23 Å². The van der Waals surface area contributed by atoms with Gasteiger partial charge in [0, 0.05) is 5.56 Å². The Morgan fingerprint density at radius 2 is 2.27 bits per heavy atom. The van der Waals surface area contributed by atoms with E-state index in [2.05, 4.69) is 6.07 Å². The molecule has 0 spiro atoms. The van der Waals surface area contributed by atoms with Crippen LogP contribution in [0.3, 0.4) is 0 Å². The molecule has 0 fully saturated rings. The summed E-state index contributed by atoms with van der Waals surface area (Å²) in [7, 11) is 1.53. The summed E-state index contributed by atoms with van der Waals surface area (Å²) >= 11 is 0. The van der Waals surface area contributed by atoms with Gasteiger partial charge >= 0.3 is 0 Å². The fourth-order valence-electron chi connectivity index (χ4n) is 1.01. The number of rotatable bonds is 2. The number of ether oxygens (including phenoxy) is 1. The van der Waals surface area contributed by atoms with Gasteiger partial charge in [-0.2, -0.15) is 0 Å². The van der Waals surface area contributed by atoms with Crippen LogP contribution < -0.4 is 4.74 Å². The molecule has 0 aliphatic heterocycles. The van der Waals surface area contributed by atoms with Gasteiger partial charge in [0.15, 0.2) is 0 Å². The van der Waals surface area contributed by atoms with Gasteiger partial charge in [-0.3, -0.25) is 0 Å². The van der Waals surface area contributed by atoms with Crippen molar-refractivity contribution < 1.29 is 9.13 Å². The Morgan fingerprint density at radius 3 is 2.73 bits per heavy atom. The van der Waals surface area contributed by atoms with Gasteiger partial charge in [0.25, 0.3) is 0 Å². The molecule has 0 saturated heterocycles. The lowest BCUT2D eigenvalue weighted by Crippen LogP contribution is -1.93. The van der Waals surface area contributed by atoms with E-state index in [1.165, 1.54) is 13.2 Å². The SMILES string of the molecule is CCc1c(F)c[c]cc1OC. The summed E-state index contributed by atoms with van der Waals surface area (Å²) in [5, 5.41) is 0. The first-order valence-corrected chi connectivity index (χ1v) is 3.52. The van der Waals surface area contributed by atoms with Crippen molar-refractivity contribution in [1.29, 1.82) is 0 Å². The maximum atomic E-state index is 12.9. The highest BCUT2D eigenvalue weighted by atomic mass is 19.1. The van der Waals surface area contributed by atoms with Crippen LogP contribution in [-0.4, -0.2) is 7.11 Å². The molecular formula is C9H10FO. The molecule has 0 unspecified atom stereocenters. The lowest BCUT2D eigenvalue weighted by molar-refractivity contribution is 0.405. The first kappa shape index (κ1) is 8.05. The summed E-state index contributed by atoms with van der Waals surface area (Å²) in [4.78, 5) is 0. The van der Waals surface area contributed by atoms with Crippen molar-refractivity contribution in [3.8, 4) is 5.75 Å². The summed E-state index contributed by atoms with van der Waals surface area (Å²) in [5.41, 5.74) is 0.617. The maximum Gasteiger partial charge on any atom is 0.130 e. The molecule has 1 nitrogen and oxygen atoms in total. The van der Waals surface area contributed by atoms with Crippen LogP contribution in [-0.2, 0) is 6.42 Å². The zero-order valence-electron chi connectivity index (χ0n) is 6.65. The van der Waals surface area contributed by atoms with Crippen LogP contribution >= 0.6 is 0 Å². The molecule has 0 bridgehead atoms. The molecule has 1 rings (SSSR count). The van der Waals surface area contributed by atoms with Crippen LogP contribution in [0, 0.1) is 11.9 Å². The third-order valence-corrected chi connectivity index (χ3v) is 1.58. The molecule has 0 atom stereocenters. The number of hydrogen-bond donors (Lipinski definition) is 0. The predicted molar refractivity (Wildman–Crippen MR) is 41.2 cm³/mol. The van der Waals surface area contributed by atoms with E-state index in [4.69, 9.17) is 4.74 Å². The molecule has 0 saturated carbocycles. The van der Waals surface area contributed by atoms with Crippen molar-refractivity contribution in [2.45, 2.75) is 13.3 Å². The highest BCUT2D eigenvalue weighted by molar-refractivity contribution is 5.33. The average Bonchev–Trinajstić information content (AvgIpc) is 2.04. The summed E-state index contributed by atoms with van der Waals surface area (Å²) in [6, 6.07) is 5.62. The number of halogens is 1. The second kappa shape index (κ2) is 3.37. The molecule has 1 aromatic carbocycles. The van der Waals surface area contributed by atoms with E-state index in [-0.39, 0.29) is 5.82 Å². The molecule has 1 aromatic rings. The Balaban J connectivity index is 3.13. The minimum atomic E-state index is -0.244. The van der Waals surface area contributed by atoms with Gasteiger partial charge in [-0.25, -0.2) is 4.39 Å². The lowest BCUT2D eigenvalue weighted by Gasteiger charge is -2.05. The van der Waals surface area contributed by atoms with Crippen molar-refractivity contribution in [2.75, 3.05) is 7.11 Å². The van der Waals surface area contributed by atoms with Gasteiger partial charge in [0.1, 0.15) is 11.6 Å². The second-order valence-corrected chi connectivity index (χ2v) is 2.20. The van der Waals surface area contributed by atoms with Crippen LogP contribution in [0.1, 0.15) is 12.5 Å². The highest BCUT2D eigenvalue weighted by Crippen LogP contribution is 2.20. The average molecular weight is 153 g/mol. The van der Waals surface area contributed by atoms with Gasteiger partial charge in [-0.05, 0) is 24.6 Å².